The molecular weight excluding hydrogens is 351 g/mol. The van der Waals surface area contributed by atoms with Crippen LogP contribution in [0.25, 0.3) is 10.9 Å². The van der Waals surface area contributed by atoms with Crippen LogP contribution in [0.15, 0.2) is 46.9 Å². The molecule has 6 heteroatoms. The van der Waals surface area contributed by atoms with Gasteiger partial charge in [0.05, 0.1) is 24.2 Å². The second-order valence-corrected chi connectivity index (χ2v) is 5.84. The second-order valence-electron chi connectivity index (χ2n) is 4.93. The van der Waals surface area contributed by atoms with Gasteiger partial charge in [-0.25, -0.2) is 4.39 Å². The lowest BCUT2D eigenvalue weighted by molar-refractivity contribution is -0.136. The normalized spacial score (nSPS) is 11.0. The van der Waals surface area contributed by atoms with Crippen LogP contribution in [0.2, 0.25) is 0 Å². The van der Waals surface area contributed by atoms with E-state index >= 15 is 0 Å². The lowest BCUT2D eigenvalue weighted by atomic mass is 10.1. The Morgan fingerprint density at radius 1 is 1.27 bits per heavy atom. The molecule has 0 bridgehead atoms. The molecule has 22 heavy (non-hydrogen) atoms. The first-order valence-corrected chi connectivity index (χ1v) is 7.44. The monoisotopic (exact) mass is 362 g/mol. The van der Waals surface area contributed by atoms with Crippen molar-refractivity contribution in [2.45, 2.75) is 13.0 Å². The van der Waals surface area contributed by atoms with Crippen molar-refractivity contribution in [3.05, 3.63) is 64.0 Å². The maximum absolute atomic E-state index is 14.0. The van der Waals surface area contributed by atoms with Crippen molar-refractivity contribution in [1.29, 1.82) is 0 Å². The molecule has 1 N–H and O–H groups in total. The van der Waals surface area contributed by atoms with Crippen molar-refractivity contribution in [3.63, 3.8) is 0 Å². The largest absolute Gasteiger partial charge is 0.481 e. The van der Waals surface area contributed by atoms with Crippen LogP contribution in [-0.2, 0) is 17.8 Å². The van der Waals surface area contributed by atoms with Crippen LogP contribution in [0.5, 0.6) is 0 Å². The number of benzene rings is 2. The smallest absolute Gasteiger partial charge is 0.309 e. The van der Waals surface area contributed by atoms with E-state index in [2.05, 4.69) is 21.0 Å². The highest BCUT2D eigenvalue weighted by molar-refractivity contribution is 9.10. The molecule has 0 amide bonds. The number of halogens is 2. The molecular formula is C16H12BrFN2O2. The summed E-state index contributed by atoms with van der Waals surface area (Å²) < 4.78 is 16.3. The van der Waals surface area contributed by atoms with Gasteiger partial charge in [0.15, 0.2) is 0 Å². The third kappa shape index (κ3) is 2.87. The number of aliphatic carboxylic acids is 1. The van der Waals surface area contributed by atoms with Crippen LogP contribution in [0.3, 0.4) is 0 Å². The summed E-state index contributed by atoms with van der Waals surface area (Å²) in [5, 5.41) is 14.1. The molecule has 0 saturated carbocycles. The minimum Gasteiger partial charge on any atom is -0.481 e. The standard InChI is InChI=1S/C16H12BrFN2O2/c17-11-6-5-10(13(18)7-11)9-20-15-4-2-1-3-12(15)14(19-20)8-16(21)22/h1-7H,8-9H2,(H,21,22). The summed E-state index contributed by atoms with van der Waals surface area (Å²) in [7, 11) is 0. The van der Waals surface area contributed by atoms with Gasteiger partial charge in [-0.3, -0.25) is 9.48 Å². The van der Waals surface area contributed by atoms with Crippen molar-refractivity contribution in [2.24, 2.45) is 0 Å². The summed E-state index contributed by atoms with van der Waals surface area (Å²) >= 11 is 3.23. The van der Waals surface area contributed by atoms with E-state index in [0.717, 1.165) is 10.9 Å². The molecule has 112 valence electrons. The highest BCUT2D eigenvalue weighted by Gasteiger charge is 2.14. The van der Waals surface area contributed by atoms with Gasteiger partial charge >= 0.3 is 5.97 Å². The lowest BCUT2D eigenvalue weighted by Crippen LogP contribution is -2.06. The average molecular weight is 363 g/mol. The fourth-order valence-corrected chi connectivity index (χ4v) is 2.73. The SMILES string of the molecule is O=C(O)Cc1nn(Cc2ccc(Br)cc2F)c2ccccc12. The maximum Gasteiger partial charge on any atom is 0.309 e. The zero-order valence-electron chi connectivity index (χ0n) is 11.5. The average Bonchev–Trinajstić information content (AvgIpc) is 2.80. The quantitative estimate of drug-likeness (QED) is 0.771. The minimum absolute atomic E-state index is 0.156. The Hall–Kier alpha value is -2.21. The summed E-state index contributed by atoms with van der Waals surface area (Å²) in [6.45, 7) is 0.249. The van der Waals surface area contributed by atoms with Crippen LogP contribution < -0.4 is 0 Å². The number of fused-ring (bicyclic) bond motifs is 1. The van der Waals surface area contributed by atoms with Crippen molar-refractivity contribution in [2.75, 3.05) is 0 Å². The van der Waals surface area contributed by atoms with Crippen molar-refractivity contribution < 1.29 is 14.3 Å². The van der Waals surface area contributed by atoms with Gasteiger partial charge < -0.3 is 5.11 Å². The van der Waals surface area contributed by atoms with E-state index in [-0.39, 0.29) is 18.8 Å². The Balaban J connectivity index is 2.05. The van der Waals surface area contributed by atoms with Gasteiger partial charge in [0.25, 0.3) is 0 Å². The van der Waals surface area contributed by atoms with E-state index in [0.29, 0.717) is 15.7 Å². The predicted octanol–water partition coefficient (Wildman–Crippen LogP) is 3.61. The molecule has 1 heterocycles. The van der Waals surface area contributed by atoms with Gasteiger partial charge in [0, 0.05) is 15.4 Å². The highest BCUT2D eigenvalue weighted by Crippen LogP contribution is 2.22. The van der Waals surface area contributed by atoms with E-state index in [1.54, 1.807) is 16.8 Å². The molecule has 0 unspecified atom stereocenters. The molecule has 0 aliphatic carbocycles. The Morgan fingerprint density at radius 2 is 2.05 bits per heavy atom. The van der Waals surface area contributed by atoms with Gasteiger partial charge in [0.1, 0.15) is 5.82 Å². The van der Waals surface area contributed by atoms with Crippen LogP contribution >= 0.6 is 15.9 Å². The van der Waals surface area contributed by atoms with Gasteiger partial charge in [-0.2, -0.15) is 5.10 Å². The number of carboxylic acid groups (broad SMARTS) is 1. The van der Waals surface area contributed by atoms with Crippen LogP contribution in [0, 0.1) is 5.82 Å². The van der Waals surface area contributed by atoms with Gasteiger partial charge in [0.2, 0.25) is 0 Å². The molecule has 0 atom stereocenters. The third-order valence-corrected chi connectivity index (χ3v) is 3.88. The Morgan fingerprint density at radius 3 is 2.77 bits per heavy atom. The zero-order chi connectivity index (χ0) is 15.7. The van der Waals surface area contributed by atoms with Crippen LogP contribution in [0.4, 0.5) is 4.39 Å². The van der Waals surface area contributed by atoms with E-state index in [9.17, 15) is 9.18 Å². The van der Waals surface area contributed by atoms with E-state index < -0.39 is 5.97 Å². The highest BCUT2D eigenvalue weighted by atomic mass is 79.9. The number of para-hydroxylation sites is 1. The number of carboxylic acids is 1. The number of aromatic nitrogens is 2. The Kier molecular flexibility index (Phi) is 3.94. The summed E-state index contributed by atoms with van der Waals surface area (Å²) in [5.41, 5.74) is 1.78. The number of hydrogen-bond acceptors (Lipinski definition) is 2. The van der Waals surface area contributed by atoms with Gasteiger partial charge in [-0.1, -0.05) is 40.2 Å². The molecule has 1 aromatic heterocycles. The first-order chi connectivity index (χ1) is 10.5. The molecule has 0 fully saturated rings. The molecule has 0 aliphatic heterocycles. The maximum atomic E-state index is 14.0. The molecule has 3 rings (SSSR count). The first kappa shape index (κ1) is 14.7. The fraction of sp³-hybridized carbons (Fsp3) is 0.125. The molecule has 0 spiro atoms. The van der Waals surface area contributed by atoms with E-state index in [1.165, 1.54) is 6.07 Å². The van der Waals surface area contributed by atoms with Crippen LogP contribution in [0.1, 0.15) is 11.3 Å². The predicted molar refractivity (Wildman–Crippen MR) is 84.3 cm³/mol. The topological polar surface area (TPSA) is 55.1 Å². The number of carbonyl (C=O) groups is 1. The molecule has 0 aliphatic rings. The number of rotatable bonds is 4. The summed E-state index contributed by atoms with van der Waals surface area (Å²) in [4.78, 5) is 11.0. The van der Waals surface area contributed by atoms with Crippen molar-refractivity contribution in [1.82, 2.24) is 9.78 Å². The Bertz CT molecular complexity index is 860. The van der Waals surface area contributed by atoms with Gasteiger partial charge in [-0.15, -0.1) is 0 Å². The second kappa shape index (κ2) is 5.88. The fourth-order valence-electron chi connectivity index (χ4n) is 2.40. The number of nitrogens with zero attached hydrogens (tertiary/aromatic N) is 2. The lowest BCUT2D eigenvalue weighted by Gasteiger charge is -2.05. The molecule has 4 nitrogen and oxygen atoms in total. The first-order valence-electron chi connectivity index (χ1n) is 6.65. The molecule has 2 aromatic carbocycles. The van der Waals surface area contributed by atoms with E-state index in [1.807, 2.05) is 24.3 Å². The van der Waals surface area contributed by atoms with E-state index in [4.69, 9.17) is 5.11 Å². The minimum atomic E-state index is -0.940. The van der Waals surface area contributed by atoms with Crippen molar-refractivity contribution >= 4 is 32.8 Å². The number of hydrogen-bond donors (Lipinski definition) is 1. The molecule has 3 aromatic rings. The summed E-state index contributed by atoms with van der Waals surface area (Å²) in [6, 6.07) is 12.2. The molecule has 0 radical (unpaired) electrons. The summed E-state index contributed by atoms with van der Waals surface area (Å²) in [6.07, 6.45) is -0.156. The zero-order valence-corrected chi connectivity index (χ0v) is 13.0. The summed E-state index contributed by atoms with van der Waals surface area (Å²) in [5.74, 6) is -1.26. The Labute approximate surface area is 134 Å². The van der Waals surface area contributed by atoms with Crippen LogP contribution in [-0.4, -0.2) is 20.9 Å². The van der Waals surface area contributed by atoms with Gasteiger partial charge in [-0.05, 0) is 18.2 Å². The third-order valence-electron chi connectivity index (χ3n) is 3.39. The van der Waals surface area contributed by atoms with Crippen molar-refractivity contribution in [3.8, 4) is 0 Å². The molecule has 0 saturated heterocycles.